The van der Waals surface area contributed by atoms with Gasteiger partial charge in [-0.3, -0.25) is 0 Å². The van der Waals surface area contributed by atoms with Crippen LogP contribution in [-0.4, -0.2) is 6.61 Å². The van der Waals surface area contributed by atoms with E-state index in [0.717, 1.165) is 23.3 Å². The molecule has 0 bridgehead atoms. The second-order valence-corrected chi connectivity index (χ2v) is 4.57. The Labute approximate surface area is 127 Å². The predicted molar refractivity (Wildman–Crippen MR) is 88.5 cm³/mol. The van der Waals surface area contributed by atoms with Gasteiger partial charge < -0.3 is 4.74 Å². The molecule has 1 nitrogen and oxygen atoms in total. The summed E-state index contributed by atoms with van der Waals surface area (Å²) in [5, 5.41) is 0. The molecular weight excluding hydrogens is 263 g/mol. The van der Waals surface area contributed by atoms with Gasteiger partial charge in [-0.15, -0.1) is 0 Å². The number of rotatable bonds is 4. The summed E-state index contributed by atoms with van der Waals surface area (Å²) in [5.41, 5.74) is 4.54. The van der Waals surface area contributed by atoms with Crippen molar-refractivity contribution < 1.29 is 9.13 Å². The summed E-state index contributed by atoms with van der Waals surface area (Å²) in [6.07, 6.45) is 0.979. The summed E-state index contributed by atoms with van der Waals surface area (Å²) in [6, 6.07) is 10.8. The molecule has 0 heterocycles. The monoisotopic (exact) mass is 288 g/mol. The number of benzene rings is 2. The summed E-state index contributed by atoms with van der Waals surface area (Å²) in [4.78, 5) is 0. The molecule has 0 saturated carbocycles. The van der Waals surface area contributed by atoms with Crippen molar-refractivity contribution in [1.82, 2.24) is 0 Å². The summed E-state index contributed by atoms with van der Waals surface area (Å²) < 4.78 is 18.7. The fourth-order valence-corrected chi connectivity index (χ4v) is 2.24. The third-order valence-electron chi connectivity index (χ3n) is 3.27. The van der Waals surface area contributed by atoms with Crippen molar-refractivity contribution in [3.05, 3.63) is 53.3 Å². The lowest BCUT2D eigenvalue weighted by Crippen LogP contribution is -1.97. The van der Waals surface area contributed by atoms with Gasteiger partial charge in [0.2, 0.25) is 0 Å². The van der Waals surface area contributed by atoms with Crippen molar-refractivity contribution in [3.8, 4) is 16.9 Å². The highest BCUT2D eigenvalue weighted by Crippen LogP contribution is 2.33. The Kier molecular flexibility index (Phi) is 6.93. The van der Waals surface area contributed by atoms with Crippen LogP contribution in [0.1, 0.15) is 38.8 Å². The van der Waals surface area contributed by atoms with Crippen LogP contribution in [0.5, 0.6) is 5.75 Å². The van der Waals surface area contributed by atoms with Crippen molar-refractivity contribution in [2.24, 2.45) is 0 Å². The van der Waals surface area contributed by atoms with E-state index in [1.807, 2.05) is 20.8 Å². The first kappa shape index (κ1) is 17.2. The maximum atomic E-state index is 13.0. The van der Waals surface area contributed by atoms with Crippen LogP contribution < -0.4 is 4.74 Å². The van der Waals surface area contributed by atoms with Gasteiger partial charge in [-0.1, -0.05) is 32.9 Å². The van der Waals surface area contributed by atoms with Crippen LogP contribution in [0, 0.1) is 12.7 Å². The molecule has 0 spiro atoms. The number of hydrogen-bond donors (Lipinski definition) is 0. The quantitative estimate of drug-likeness (QED) is 0.692. The smallest absolute Gasteiger partial charge is 0.127 e. The zero-order chi connectivity index (χ0) is 15.8. The Bertz CT molecular complexity index is 559. The van der Waals surface area contributed by atoms with Gasteiger partial charge in [0, 0.05) is 5.56 Å². The first-order valence-corrected chi connectivity index (χ1v) is 7.68. The molecule has 0 saturated heterocycles. The number of aryl methyl sites for hydroxylation is 2. The van der Waals surface area contributed by atoms with E-state index in [1.165, 1.54) is 23.3 Å². The molecule has 0 amide bonds. The topological polar surface area (TPSA) is 9.23 Å². The molecule has 2 aromatic carbocycles. The maximum Gasteiger partial charge on any atom is 0.127 e. The standard InChI is InChI=1S/C17H19FO.C2H6/c1-4-13-11-16(14-6-8-15(18)9-7-14)17(19-5-2)10-12(13)3;1-2/h6-11H,4-5H2,1-3H3;1-2H3. The van der Waals surface area contributed by atoms with Gasteiger partial charge in [0.1, 0.15) is 11.6 Å². The fraction of sp³-hybridized carbons (Fsp3) is 0.368. The molecule has 0 aliphatic rings. The van der Waals surface area contributed by atoms with E-state index in [9.17, 15) is 4.39 Å². The molecule has 0 atom stereocenters. The lowest BCUT2D eigenvalue weighted by atomic mass is 9.97. The largest absolute Gasteiger partial charge is 0.493 e. The first-order valence-electron chi connectivity index (χ1n) is 7.68. The molecule has 0 unspecified atom stereocenters. The minimum absolute atomic E-state index is 0.218. The van der Waals surface area contributed by atoms with Gasteiger partial charge in [0.05, 0.1) is 6.61 Å². The Morgan fingerprint density at radius 2 is 1.62 bits per heavy atom. The molecule has 21 heavy (non-hydrogen) atoms. The minimum atomic E-state index is -0.218. The SMILES string of the molecule is CC.CCOc1cc(C)c(CC)cc1-c1ccc(F)cc1. The Hall–Kier alpha value is -1.83. The third-order valence-corrected chi connectivity index (χ3v) is 3.27. The van der Waals surface area contributed by atoms with E-state index < -0.39 is 0 Å². The highest BCUT2D eigenvalue weighted by molar-refractivity contribution is 5.72. The fourth-order valence-electron chi connectivity index (χ4n) is 2.24. The summed E-state index contributed by atoms with van der Waals surface area (Å²) >= 11 is 0. The van der Waals surface area contributed by atoms with E-state index in [4.69, 9.17) is 4.74 Å². The van der Waals surface area contributed by atoms with Crippen molar-refractivity contribution in [2.75, 3.05) is 6.61 Å². The highest BCUT2D eigenvalue weighted by Gasteiger charge is 2.10. The molecule has 0 aliphatic heterocycles. The third kappa shape index (κ3) is 4.32. The predicted octanol–water partition coefficient (Wildman–Crippen LogP) is 5.79. The van der Waals surface area contributed by atoms with Gasteiger partial charge >= 0.3 is 0 Å². The highest BCUT2D eigenvalue weighted by atomic mass is 19.1. The van der Waals surface area contributed by atoms with Crippen LogP contribution in [0.25, 0.3) is 11.1 Å². The van der Waals surface area contributed by atoms with Crippen molar-refractivity contribution >= 4 is 0 Å². The Morgan fingerprint density at radius 1 is 1.00 bits per heavy atom. The lowest BCUT2D eigenvalue weighted by Gasteiger charge is -2.14. The van der Waals surface area contributed by atoms with Crippen LogP contribution >= 0.6 is 0 Å². The van der Waals surface area contributed by atoms with Gasteiger partial charge in [-0.05, 0) is 61.2 Å². The van der Waals surface area contributed by atoms with Crippen LogP contribution in [0.2, 0.25) is 0 Å². The zero-order valence-corrected chi connectivity index (χ0v) is 13.7. The summed E-state index contributed by atoms with van der Waals surface area (Å²) in [7, 11) is 0. The second kappa shape index (κ2) is 8.46. The van der Waals surface area contributed by atoms with E-state index >= 15 is 0 Å². The van der Waals surface area contributed by atoms with Crippen LogP contribution in [0.4, 0.5) is 4.39 Å². The minimum Gasteiger partial charge on any atom is -0.493 e. The van der Waals surface area contributed by atoms with Crippen LogP contribution in [-0.2, 0) is 6.42 Å². The summed E-state index contributed by atoms with van der Waals surface area (Å²) in [5.74, 6) is 0.647. The molecule has 0 N–H and O–H groups in total. The van der Waals surface area contributed by atoms with E-state index in [0.29, 0.717) is 6.61 Å². The Morgan fingerprint density at radius 3 is 2.14 bits per heavy atom. The Balaban J connectivity index is 0.00000106. The molecule has 0 aromatic heterocycles. The second-order valence-electron chi connectivity index (χ2n) is 4.57. The van der Waals surface area contributed by atoms with E-state index in [1.54, 1.807) is 12.1 Å². The van der Waals surface area contributed by atoms with Crippen molar-refractivity contribution in [1.29, 1.82) is 0 Å². The molecule has 114 valence electrons. The van der Waals surface area contributed by atoms with Crippen molar-refractivity contribution in [3.63, 3.8) is 0 Å². The maximum absolute atomic E-state index is 13.0. The lowest BCUT2D eigenvalue weighted by molar-refractivity contribution is 0.341. The molecule has 0 aliphatic carbocycles. The van der Waals surface area contributed by atoms with Gasteiger partial charge in [-0.25, -0.2) is 4.39 Å². The molecule has 0 fully saturated rings. The van der Waals surface area contributed by atoms with Gasteiger partial charge in [-0.2, -0.15) is 0 Å². The average molecular weight is 288 g/mol. The molecule has 2 heteroatoms. The molecule has 2 rings (SSSR count). The molecule has 2 aromatic rings. The van der Waals surface area contributed by atoms with Gasteiger partial charge in [0.15, 0.2) is 0 Å². The number of hydrogen-bond acceptors (Lipinski definition) is 1. The van der Waals surface area contributed by atoms with Crippen LogP contribution in [0.15, 0.2) is 36.4 Å². The first-order chi connectivity index (χ1) is 10.2. The normalized spacial score (nSPS) is 9.81. The average Bonchev–Trinajstić information content (AvgIpc) is 2.51. The number of ether oxygens (including phenoxy) is 1. The zero-order valence-electron chi connectivity index (χ0n) is 13.7. The molecule has 0 radical (unpaired) electrons. The van der Waals surface area contributed by atoms with E-state index in [2.05, 4.69) is 26.0 Å². The van der Waals surface area contributed by atoms with Gasteiger partial charge in [0.25, 0.3) is 0 Å². The van der Waals surface area contributed by atoms with Crippen LogP contribution in [0.3, 0.4) is 0 Å². The van der Waals surface area contributed by atoms with E-state index in [-0.39, 0.29) is 5.82 Å². The molecular formula is C19H25FO. The number of halogens is 1. The summed E-state index contributed by atoms with van der Waals surface area (Å²) in [6.45, 7) is 10.8. The van der Waals surface area contributed by atoms with Crippen molar-refractivity contribution in [2.45, 2.75) is 41.0 Å².